The van der Waals surface area contributed by atoms with Crippen LogP contribution in [0.2, 0.25) is 0 Å². The molecular formula is C16H28O. The van der Waals surface area contributed by atoms with Gasteiger partial charge < -0.3 is 4.74 Å². The Morgan fingerprint density at radius 1 is 0.941 bits per heavy atom. The molecule has 2 saturated carbocycles. The molecule has 3 fully saturated rings. The topological polar surface area (TPSA) is 9.23 Å². The van der Waals surface area contributed by atoms with Crippen molar-refractivity contribution in [2.75, 3.05) is 6.61 Å². The highest BCUT2D eigenvalue weighted by Crippen LogP contribution is 2.62. The van der Waals surface area contributed by atoms with E-state index in [0.29, 0.717) is 10.8 Å². The molecule has 4 atom stereocenters. The molecule has 0 bridgehead atoms. The first-order valence-corrected chi connectivity index (χ1v) is 7.50. The van der Waals surface area contributed by atoms with Gasteiger partial charge in [0.15, 0.2) is 0 Å². The van der Waals surface area contributed by atoms with Gasteiger partial charge >= 0.3 is 0 Å². The van der Waals surface area contributed by atoms with E-state index in [0.717, 1.165) is 18.4 Å². The van der Waals surface area contributed by atoms with Gasteiger partial charge in [-0.25, -0.2) is 0 Å². The fourth-order valence-electron chi connectivity index (χ4n) is 5.19. The van der Waals surface area contributed by atoms with Gasteiger partial charge in [-0.3, -0.25) is 0 Å². The Morgan fingerprint density at radius 2 is 1.71 bits per heavy atom. The molecule has 3 rings (SSSR count). The van der Waals surface area contributed by atoms with E-state index in [2.05, 4.69) is 27.7 Å². The summed E-state index contributed by atoms with van der Waals surface area (Å²) in [6.07, 6.45) is 8.29. The molecule has 0 spiro atoms. The molecule has 0 aromatic carbocycles. The van der Waals surface area contributed by atoms with Gasteiger partial charge in [-0.2, -0.15) is 0 Å². The number of fused-ring (bicyclic) bond motifs is 3. The van der Waals surface area contributed by atoms with E-state index < -0.39 is 0 Å². The van der Waals surface area contributed by atoms with Crippen molar-refractivity contribution in [3.05, 3.63) is 0 Å². The Labute approximate surface area is 106 Å². The van der Waals surface area contributed by atoms with Crippen LogP contribution in [0.4, 0.5) is 0 Å². The van der Waals surface area contributed by atoms with Crippen LogP contribution in [0.25, 0.3) is 0 Å². The standard InChI is InChI=1S/C16H28O/c1-14(2)7-6-13-12(11-14)5-8-16(4)15(13,3)9-10-17-16/h12-13H,5-11H2,1-4H3. The van der Waals surface area contributed by atoms with Gasteiger partial charge in [0.25, 0.3) is 0 Å². The van der Waals surface area contributed by atoms with Crippen molar-refractivity contribution in [2.24, 2.45) is 22.7 Å². The Kier molecular flexibility index (Phi) is 2.47. The highest BCUT2D eigenvalue weighted by atomic mass is 16.5. The van der Waals surface area contributed by atoms with Crippen molar-refractivity contribution >= 4 is 0 Å². The predicted molar refractivity (Wildman–Crippen MR) is 70.9 cm³/mol. The third kappa shape index (κ3) is 1.61. The largest absolute Gasteiger partial charge is 0.375 e. The van der Waals surface area contributed by atoms with E-state index in [9.17, 15) is 0 Å². The molecule has 4 unspecified atom stereocenters. The number of hydrogen-bond donors (Lipinski definition) is 0. The van der Waals surface area contributed by atoms with E-state index in [-0.39, 0.29) is 5.60 Å². The molecular weight excluding hydrogens is 208 g/mol. The fraction of sp³-hybridized carbons (Fsp3) is 1.00. The highest BCUT2D eigenvalue weighted by Gasteiger charge is 2.59. The maximum atomic E-state index is 6.15. The zero-order chi connectivity index (χ0) is 12.3. The average Bonchev–Trinajstić information content (AvgIpc) is 2.53. The highest BCUT2D eigenvalue weighted by molar-refractivity contribution is 5.09. The lowest BCUT2D eigenvalue weighted by atomic mass is 9.49. The smallest absolute Gasteiger partial charge is 0.0711 e. The minimum Gasteiger partial charge on any atom is -0.375 e. The van der Waals surface area contributed by atoms with Gasteiger partial charge in [-0.05, 0) is 62.7 Å². The van der Waals surface area contributed by atoms with Crippen LogP contribution in [0.3, 0.4) is 0 Å². The van der Waals surface area contributed by atoms with Gasteiger partial charge in [0.2, 0.25) is 0 Å². The Hall–Kier alpha value is -0.0400. The molecule has 0 N–H and O–H groups in total. The average molecular weight is 236 g/mol. The molecule has 1 heterocycles. The lowest BCUT2D eigenvalue weighted by molar-refractivity contribution is -0.133. The van der Waals surface area contributed by atoms with E-state index in [1.807, 2.05) is 0 Å². The maximum Gasteiger partial charge on any atom is 0.0711 e. The van der Waals surface area contributed by atoms with Crippen LogP contribution in [-0.4, -0.2) is 12.2 Å². The predicted octanol–water partition coefficient (Wildman–Crippen LogP) is 4.41. The van der Waals surface area contributed by atoms with Gasteiger partial charge in [0, 0.05) is 12.0 Å². The van der Waals surface area contributed by atoms with Crippen molar-refractivity contribution < 1.29 is 4.74 Å². The van der Waals surface area contributed by atoms with Crippen molar-refractivity contribution in [2.45, 2.75) is 71.8 Å². The molecule has 0 aromatic rings. The van der Waals surface area contributed by atoms with Gasteiger partial charge in [0.05, 0.1) is 5.60 Å². The molecule has 0 amide bonds. The van der Waals surface area contributed by atoms with E-state index >= 15 is 0 Å². The van der Waals surface area contributed by atoms with Crippen molar-refractivity contribution in [3.8, 4) is 0 Å². The van der Waals surface area contributed by atoms with E-state index in [1.54, 1.807) is 0 Å². The minimum absolute atomic E-state index is 0.190. The number of rotatable bonds is 0. The summed E-state index contributed by atoms with van der Waals surface area (Å²) in [7, 11) is 0. The molecule has 1 aliphatic heterocycles. The SMILES string of the molecule is CC1(C)CCC2C(CCC3(C)OCCC23C)C1. The number of ether oxygens (including phenoxy) is 1. The summed E-state index contributed by atoms with van der Waals surface area (Å²) in [5.74, 6) is 1.90. The lowest BCUT2D eigenvalue weighted by Crippen LogP contribution is -2.54. The first-order chi connectivity index (χ1) is 7.86. The summed E-state index contributed by atoms with van der Waals surface area (Å²) < 4.78 is 6.15. The maximum absolute atomic E-state index is 6.15. The molecule has 1 saturated heterocycles. The van der Waals surface area contributed by atoms with Crippen LogP contribution in [-0.2, 0) is 4.74 Å². The number of hydrogen-bond acceptors (Lipinski definition) is 1. The molecule has 98 valence electrons. The molecule has 0 aromatic heterocycles. The van der Waals surface area contributed by atoms with Crippen LogP contribution in [0.5, 0.6) is 0 Å². The van der Waals surface area contributed by atoms with Crippen LogP contribution in [0.1, 0.15) is 66.2 Å². The van der Waals surface area contributed by atoms with Crippen molar-refractivity contribution in [3.63, 3.8) is 0 Å². The third-order valence-electron chi connectivity index (χ3n) is 6.58. The zero-order valence-corrected chi connectivity index (χ0v) is 12.0. The van der Waals surface area contributed by atoms with Crippen LogP contribution < -0.4 is 0 Å². The van der Waals surface area contributed by atoms with E-state index in [1.165, 1.54) is 38.5 Å². The van der Waals surface area contributed by atoms with Gasteiger partial charge in [-0.15, -0.1) is 0 Å². The minimum atomic E-state index is 0.190. The second kappa shape index (κ2) is 3.50. The van der Waals surface area contributed by atoms with Crippen LogP contribution >= 0.6 is 0 Å². The van der Waals surface area contributed by atoms with Gasteiger partial charge in [-0.1, -0.05) is 20.8 Å². The Bertz CT molecular complexity index is 321. The summed E-state index contributed by atoms with van der Waals surface area (Å²) in [6.45, 7) is 10.8. The van der Waals surface area contributed by atoms with Crippen LogP contribution in [0.15, 0.2) is 0 Å². The molecule has 0 radical (unpaired) electrons. The van der Waals surface area contributed by atoms with Crippen LogP contribution in [0, 0.1) is 22.7 Å². The second-order valence-electron chi connectivity index (χ2n) is 8.06. The summed E-state index contributed by atoms with van der Waals surface area (Å²) in [5, 5.41) is 0. The lowest BCUT2D eigenvalue weighted by Gasteiger charge is -2.56. The van der Waals surface area contributed by atoms with Gasteiger partial charge in [0.1, 0.15) is 0 Å². The first-order valence-electron chi connectivity index (χ1n) is 7.50. The Balaban J connectivity index is 1.88. The summed E-state index contributed by atoms with van der Waals surface area (Å²) >= 11 is 0. The summed E-state index contributed by atoms with van der Waals surface area (Å²) in [6, 6.07) is 0. The fourth-order valence-corrected chi connectivity index (χ4v) is 5.19. The summed E-state index contributed by atoms with van der Waals surface area (Å²) in [5.41, 5.74) is 1.24. The van der Waals surface area contributed by atoms with Crippen molar-refractivity contribution in [1.82, 2.24) is 0 Å². The molecule has 17 heavy (non-hydrogen) atoms. The second-order valence-corrected chi connectivity index (χ2v) is 8.06. The molecule has 1 heteroatoms. The monoisotopic (exact) mass is 236 g/mol. The molecule has 2 aliphatic carbocycles. The first kappa shape index (κ1) is 12.0. The van der Waals surface area contributed by atoms with Crippen molar-refractivity contribution in [1.29, 1.82) is 0 Å². The molecule has 1 nitrogen and oxygen atoms in total. The van der Waals surface area contributed by atoms with E-state index in [4.69, 9.17) is 4.74 Å². The normalized spacial score (nSPS) is 52.9. The third-order valence-corrected chi connectivity index (χ3v) is 6.58. The quantitative estimate of drug-likeness (QED) is 0.605. The zero-order valence-electron chi connectivity index (χ0n) is 12.0. The molecule has 3 aliphatic rings. The Morgan fingerprint density at radius 3 is 2.47 bits per heavy atom. The summed E-state index contributed by atoms with van der Waals surface area (Å²) in [4.78, 5) is 0.